The summed E-state index contributed by atoms with van der Waals surface area (Å²) in [5, 5.41) is 11.2. The summed E-state index contributed by atoms with van der Waals surface area (Å²) in [6.45, 7) is 3.85. The number of alkyl halides is 1. The van der Waals surface area contributed by atoms with Crippen molar-refractivity contribution in [2.24, 2.45) is 5.41 Å². The summed E-state index contributed by atoms with van der Waals surface area (Å²) >= 11 is 6.38. The second kappa shape index (κ2) is 11.6. The Labute approximate surface area is 216 Å². The zero-order valence-corrected chi connectivity index (χ0v) is 21.4. The van der Waals surface area contributed by atoms with E-state index in [1.165, 1.54) is 12.3 Å². The Balaban J connectivity index is 1.37. The molecule has 2 heterocycles. The molecule has 0 amide bonds. The van der Waals surface area contributed by atoms with Crippen molar-refractivity contribution in [2.45, 2.75) is 38.8 Å². The Morgan fingerprint density at radius 3 is 2.69 bits per heavy atom. The topological polar surface area (TPSA) is 45.6 Å². The molecule has 2 aromatic carbocycles. The number of ether oxygens (including phenoxy) is 1. The summed E-state index contributed by atoms with van der Waals surface area (Å²) in [5.74, 6) is 6.52. The van der Waals surface area contributed by atoms with Crippen molar-refractivity contribution in [1.29, 1.82) is 0 Å². The molecule has 1 aromatic heterocycles. The number of aliphatic hydroxyl groups excluding tert-OH is 1. The van der Waals surface area contributed by atoms with Crippen LogP contribution in [0.1, 0.15) is 48.5 Å². The Morgan fingerprint density at radius 2 is 2.00 bits per heavy atom. The molecule has 0 aliphatic carbocycles. The molecule has 0 saturated carbocycles. The quantitative estimate of drug-likeness (QED) is 0.379. The molecule has 4 rings (SSSR count). The van der Waals surface area contributed by atoms with Crippen LogP contribution in [0.25, 0.3) is 10.9 Å². The van der Waals surface area contributed by atoms with Gasteiger partial charge in [0.15, 0.2) is 0 Å². The van der Waals surface area contributed by atoms with E-state index in [2.05, 4.69) is 21.7 Å². The lowest BCUT2D eigenvalue weighted by atomic mass is 9.74. The molecular weight excluding hydrogens is 482 g/mol. The molecular formula is C29H31ClF2N2O2. The lowest BCUT2D eigenvalue weighted by Crippen LogP contribution is -2.42. The Hall–Kier alpha value is -2.72. The van der Waals surface area contributed by atoms with E-state index in [1.54, 1.807) is 38.3 Å². The van der Waals surface area contributed by atoms with Gasteiger partial charge in [-0.3, -0.25) is 9.88 Å². The van der Waals surface area contributed by atoms with Crippen molar-refractivity contribution in [3.05, 3.63) is 70.1 Å². The van der Waals surface area contributed by atoms with Gasteiger partial charge in [-0.15, -0.1) is 0 Å². The summed E-state index contributed by atoms with van der Waals surface area (Å²) in [5.41, 5.74) is 2.02. The Kier molecular flexibility index (Phi) is 8.46. The zero-order chi connectivity index (χ0) is 25.7. The van der Waals surface area contributed by atoms with E-state index < -0.39 is 6.17 Å². The fourth-order valence-electron chi connectivity index (χ4n) is 4.79. The van der Waals surface area contributed by atoms with Gasteiger partial charge in [0.2, 0.25) is 0 Å². The molecule has 1 aliphatic rings. The molecule has 1 unspecified atom stereocenters. The first-order chi connectivity index (χ1) is 17.3. The maximum atomic E-state index is 15.6. The minimum Gasteiger partial charge on any atom is -0.497 e. The number of pyridine rings is 1. The van der Waals surface area contributed by atoms with E-state index in [4.69, 9.17) is 16.3 Å². The van der Waals surface area contributed by atoms with Crippen LogP contribution in [-0.2, 0) is 0 Å². The fraction of sp³-hybridized carbons (Fsp3) is 0.414. The SMILES string of the molecule is COc1ccc2ncc(Cl)c(C(F)CCC3(CO)CCN(CC#Cc4ccc(C)c(F)c4)CC3)c2c1. The number of hydrogen-bond acceptors (Lipinski definition) is 4. The first-order valence-electron chi connectivity index (χ1n) is 12.2. The number of likely N-dealkylation sites (tertiary alicyclic amines) is 1. The van der Waals surface area contributed by atoms with Crippen LogP contribution in [0.15, 0.2) is 42.6 Å². The number of piperidine rings is 1. The summed E-state index contributed by atoms with van der Waals surface area (Å²) in [4.78, 5) is 6.53. The highest BCUT2D eigenvalue weighted by Gasteiger charge is 2.35. The van der Waals surface area contributed by atoms with Gasteiger partial charge in [0.1, 0.15) is 17.7 Å². The zero-order valence-electron chi connectivity index (χ0n) is 20.7. The van der Waals surface area contributed by atoms with Gasteiger partial charge in [-0.25, -0.2) is 8.78 Å². The highest BCUT2D eigenvalue weighted by molar-refractivity contribution is 6.32. The minimum absolute atomic E-state index is 0.0144. The molecule has 7 heteroatoms. The number of rotatable bonds is 7. The summed E-state index contributed by atoms with van der Waals surface area (Å²) in [6, 6.07) is 10.4. The highest BCUT2D eigenvalue weighted by atomic mass is 35.5. The molecule has 0 radical (unpaired) electrons. The van der Waals surface area contributed by atoms with Crippen molar-refractivity contribution in [3.8, 4) is 17.6 Å². The molecule has 1 saturated heterocycles. The van der Waals surface area contributed by atoms with Gasteiger partial charge in [0, 0.05) is 29.3 Å². The van der Waals surface area contributed by atoms with Crippen LogP contribution >= 0.6 is 11.6 Å². The highest BCUT2D eigenvalue weighted by Crippen LogP contribution is 2.41. The van der Waals surface area contributed by atoms with E-state index in [0.29, 0.717) is 51.3 Å². The number of fused-ring (bicyclic) bond motifs is 1. The molecule has 190 valence electrons. The smallest absolute Gasteiger partial charge is 0.127 e. The number of benzene rings is 2. The number of nitrogens with zero attached hydrogens (tertiary/aromatic N) is 2. The fourth-order valence-corrected chi connectivity index (χ4v) is 5.06. The second-order valence-corrected chi connectivity index (χ2v) is 10.0. The maximum absolute atomic E-state index is 15.6. The van der Waals surface area contributed by atoms with Crippen LogP contribution in [0.4, 0.5) is 8.78 Å². The van der Waals surface area contributed by atoms with Crippen molar-refractivity contribution in [2.75, 3.05) is 33.4 Å². The lowest BCUT2D eigenvalue weighted by molar-refractivity contribution is 0.0344. The monoisotopic (exact) mass is 512 g/mol. The molecule has 1 atom stereocenters. The predicted molar refractivity (Wildman–Crippen MR) is 140 cm³/mol. The summed E-state index contributed by atoms with van der Waals surface area (Å²) < 4.78 is 34.6. The van der Waals surface area contributed by atoms with Crippen LogP contribution in [0.5, 0.6) is 5.75 Å². The van der Waals surface area contributed by atoms with Crippen LogP contribution in [0.3, 0.4) is 0 Å². The number of hydrogen-bond donors (Lipinski definition) is 1. The molecule has 1 aliphatic heterocycles. The number of aliphatic hydroxyl groups is 1. The standard InChI is InChI=1S/C29H31ClF2N2O2/c1-20-5-6-21(16-26(20)32)4-3-13-34-14-11-29(19-35,12-15-34)10-9-25(31)28-23-17-22(36-2)7-8-27(23)33-18-24(28)30/h5-8,16-18,25,35H,9-15,19H2,1-2H3. The van der Waals surface area contributed by atoms with Crippen molar-refractivity contribution in [3.63, 3.8) is 0 Å². The van der Waals surface area contributed by atoms with Crippen molar-refractivity contribution in [1.82, 2.24) is 9.88 Å². The molecule has 0 spiro atoms. The minimum atomic E-state index is -1.28. The maximum Gasteiger partial charge on any atom is 0.127 e. The Bertz CT molecular complexity index is 1280. The van der Waals surface area contributed by atoms with Gasteiger partial charge < -0.3 is 9.84 Å². The van der Waals surface area contributed by atoms with Gasteiger partial charge in [-0.05, 0) is 87.0 Å². The lowest BCUT2D eigenvalue weighted by Gasteiger charge is -2.40. The number of halogens is 3. The normalized spacial score (nSPS) is 16.4. The molecule has 1 fully saturated rings. The van der Waals surface area contributed by atoms with Crippen molar-refractivity contribution < 1.29 is 18.6 Å². The van der Waals surface area contributed by atoms with E-state index in [-0.39, 0.29) is 24.3 Å². The van der Waals surface area contributed by atoms with Crippen LogP contribution in [0.2, 0.25) is 5.02 Å². The van der Waals surface area contributed by atoms with Gasteiger partial charge in [0.25, 0.3) is 0 Å². The van der Waals surface area contributed by atoms with Crippen molar-refractivity contribution >= 4 is 22.5 Å². The third kappa shape index (κ3) is 5.98. The van der Waals surface area contributed by atoms with Crippen LogP contribution in [0, 0.1) is 30.0 Å². The van der Waals surface area contributed by atoms with Gasteiger partial charge in [-0.2, -0.15) is 0 Å². The van der Waals surface area contributed by atoms with Crippen LogP contribution in [-0.4, -0.2) is 48.3 Å². The largest absolute Gasteiger partial charge is 0.497 e. The molecule has 4 nitrogen and oxygen atoms in total. The van der Waals surface area contributed by atoms with E-state index in [1.807, 2.05) is 6.07 Å². The van der Waals surface area contributed by atoms with Gasteiger partial charge in [-0.1, -0.05) is 29.5 Å². The number of methoxy groups -OCH3 is 1. The van der Waals surface area contributed by atoms with E-state index >= 15 is 4.39 Å². The average Bonchev–Trinajstić information content (AvgIpc) is 2.89. The van der Waals surface area contributed by atoms with E-state index in [9.17, 15) is 9.50 Å². The number of aromatic nitrogens is 1. The average molecular weight is 513 g/mol. The summed E-state index contributed by atoms with van der Waals surface area (Å²) in [7, 11) is 1.57. The second-order valence-electron chi connectivity index (χ2n) is 9.61. The molecule has 1 N–H and O–H groups in total. The summed E-state index contributed by atoms with van der Waals surface area (Å²) in [6.07, 6.45) is 2.54. The first kappa shape index (κ1) is 26.3. The van der Waals surface area contributed by atoms with Crippen LogP contribution < -0.4 is 4.74 Å². The first-order valence-corrected chi connectivity index (χ1v) is 12.6. The predicted octanol–water partition coefficient (Wildman–Crippen LogP) is 6.26. The molecule has 3 aromatic rings. The third-order valence-corrected chi connectivity index (χ3v) is 7.57. The Morgan fingerprint density at radius 1 is 1.22 bits per heavy atom. The number of aryl methyl sites for hydroxylation is 1. The molecule has 0 bridgehead atoms. The van der Waals surface area contributed by atoms with E-state index in [0.717, 1.165) is 25.9 Å². The third-order valence-electron chi connectivity index (χ3n) is 7.27. The molecule has 36 heavy (non-hydrogen) atoms. The van der Waals surface area contributed by atoms with Gasteiger partial charge in [0.05, 0.1) is 24.2 Å². The van der Waals surface area contributed by atoms with Gasteiger partial charge >= 0.3 is 0 Å².